The van der Waals surface area contributed by atoms with Gasteiger partial charge in [-0.15, -0.1) is 0 Å². The number of pyridine rings is 2. The summed E-state index contributed by atoms with van der Waals surface area (Å²) in [5, 5.41) is 10.7. The van der Waals surface area contributed by atoms with Gasteiger partial charge in [0.1, 0.15) is 11.9 Å². The quantitative estimate of drug-likeness (QED) is 0.610. The van der Waals surface area contributed by atoms with Gasteiger partial charge in [0.05, 0.1) is 17.6 Å². The Hall–Kier alpha value is -2.50. The van der Waals surface area contributed by atoms with Crippen molar-refractivity contribution in [2.45, 2.75) is 6.92 Å². The van der Waals surface area contributed by atoms with E-state index < -0.39 is 4.92 Å². The average Bonchev–Trinajstić information content (AvgIpc) is 2.40. The normalized spacial score (nSPS) is 10.1. The van der Waals surface area contributed by atoms with Gasteiger partial charge in [0.2, 0.25) is 0 Å². The van der Waals surface area contributed by atoms with Crippen molar-refractivity contribution in [3.05, 3.63) is 46.9 Å². The summed E-state index contributed by atoms with van der Waals surface area (Å²) in [6.45, 7) is 2.22. The van der Waals surface area contributed by atoms with Gasteiger partial charge in [-0.3, -0.25) is 15.1 Å². The molecule has 0 spiro atoms. The number of ether oxygens (including phenoxy) is 1. The van der Waals surface area contributed by atoms with Crippen molar-refractivity contribution in [3.8, 4) is 17.0 Å². The van der Waals surface area contributed by atoms with E-state index in [2.05, 4.69) is 9.97 Å². The van der Waals surface area contributed by atoms with Gasteiger partial charge in [0, 0.05) is 18.0 Å². The SMILES string of the molecule is CCOc1cc([N+](=O)[O-])cnc1-c1cccnc1. The van der Waals surface area contributed by atoms with Crippen LogP contribution in [0, 0.1) is 10.1 Å². The van der Waals surface area contributed by atoms with Gasteiger partial charge in [0.15, 0.2) is 5.75 Å². The van der Waals surface area contributed by atoms with Crippen LogP contribution in [0.2, 0.25) is 0 Å². The third-order valence-corrected chi connectivity index (χ3v) is 2.28. The second kappa shape index (κ2) is 5.22. The largest absolute Gasteiger partial charge is 0.491 e. The Labute approximate surface area is 103 Å². The second-order valence-electron chi connectivity index (χ2n) is 3.47. The van der Waals surface area contributed by atoms with E-state index in [1.165, 1.54) is 12.3 Å². The molecule has 0 amide bonds. The van der Waals surface area contributed by atoms with Gasteiger partial charge >= 0.3 is 0 Å². The predicted molar refractivity (Wildman–Crippen MR) is 65.3 cm³/mol. The fraction of sp³-hybridized carbons (Fsp3) is 0.167. The molecule has 6 nitrogen and oxygen atoms in total. The highest BCUT2D eigenvalue weighted by molar-refractivity contribution is 5.66. The Morgan fingerprint density at radius 3 is 2.89 bits per heavy atom. The summed E-state index contributed by atoms with van der Waals surface area (Å²) in [5.74, 6) is 0.389. The van der Waals surface area contributed by atoms with Gasteiger partial charge in [0.25, 0.3) is 5.69 Å². The zero-order chi connectivity index (χ0) is 13.0. The molecule has 0 saturated heterocycles. The lowest BCUT2D eigenvalue weighted by Gasteiger charge is -2.08. The molecule has 0 radical (unpaired) electrons. The molecule has 0 bridgehead atoms. The van der Waals surface area contributed by atoms with E-state index in [1.54, 1.807) is 18.5 Å². The molecule has 0 fully saturated rings. The van der Waals surface area contributed by atoms with Crippen LogP contribution in [0.4, 0.5) is 5.69 Å². The number of rotatable bonds is 4. The summed E-state index contributed by atoms with van der Waals surface area (Å²) < 4.78 is 5.39. The number of nitro groups is 1. The molecule has 0 unspecified atom stereocenters. The minimum Gasteiger partial charge on any atom is -0.491 e. The lowest BCUT2D eigenvalue weighted by Crippen LogP contribution is -1.98. The molecule has 2 aromatic rings. The van der Waals surface area contributed by atoms with Gasteiger partial charge < -0.3 is 4.74 Å². The van der Waals surface area contributed by atoms with Gasteiger partial charge in [-0.05, 0) is 19.1 Å². The Bertz CT molecular complexity index is 558. The van der Waals surface area contributed by atoms with Crippen LogP contribution in [0.5, 0.6) is 5.75 Å². The zero-order valence-corrected chi connectivity index (χ0v) is 9.74. The van der Waals surface area contributed by atoms with Crippen molar-refractivity contribution in [1.82, 2.24) is 9.97 Å². The topological polar surface area (TPSA) is 78.2 Å². The summed E-state index contributed by atoms with van der Waals surface area (Å²) in [4.78, 5) is 18.3. The highest BCUT2D eigenvalue weighted by Crippen LogP contribution is 2.30. The Kier molecular flexibility index (Phi) is 3.47. The van der Waals surface area contributed by atoms with E-state index >= 15 is 0 Å². The molecule has 0 aliphatic heterocycles. The zero-order valence-electron chi connectivity index (χ0n) is 9.74. The highest BCUT2D eigenvalue weighted by Gasteiger charge is 2.14. The van der Waals surface area contributed by atoms with Crippen LogP contribution in [-0.4, -0.2) is 21.5 Å². The molecule has 2 aromatic heterocycles. The summed E-state index contributed by atoms with van der Waals surface area (Å²) in [6, 6.07) is 4.97. The van der Waals surface area contributed by atoms with Crippen LogP contribution >= 0.6 is 0 Å². The number of hydrogen-bond donors (Lipinski definition) is 0. The lowest BCUT2D eigenvalue weighted by atomic mass is 10.1. The molecule has 2 heterocycles. The van der Waals surface area contributed by atoms with Crippen LogP contribution in [0.25, 0.3) is 11.3 Å². The molecule has 0 N–H and O–H groups in total. The molecule has 0 aromatic carbocycles. The van der Waals surface area contributed by atoms with Crippen molar-refractivity contribution in [2.75, 3.05) is 6.61 Å². The molecule has 0 aliphatic carbocycles. The maximum absolute atomic E-state index is 10.7. The van der Waals surface area contributed by atoms with Gasteiger partial charge in [-0.2, -0.15) is 0 Å². The minimum absolute atomic E-state index is 0.0916. The van der Waals surface area contributed by atoms with Crippen LogP contribution in [0.1, 0.15) is 6.92 Å². The van der Waals surface area contributed by atoms with Crippen molar-refractivity contribution in [3.63, 3.8) is 0 Å². The van der Waals surface area contributed by atoms with Crippen molar-refractivity contribution in [1.29, 1.82) is 0 Å². The smallest absolute Gasteiger partial charge is 0.291 e. The first kappa shape index (κ1) is 12.0. The van der Waals surface area contributed by atoms with E-state index in [0.717, 1.165) is 5.56 Å². The molecule has 92 valence electrons. The van der Waals surface area contributed by atoms with Crippen LogP contribution in [-0.2, 0) is 0 Å². The fourth-order valence-corrected chi connectivity index (χ4v) is 1.52. The van der Waals surface area contributed by atoms with Gasteiger partial charge in [-0.1, -0.05) is 0 Å². The maximum atomic E-state index is 10.7. The first-order valence-electron chi connectivity index (χ1n) is 5.40. The van der Waals surface area contributed by atoms with Crippen molar-refractivity contribution < 1.29 is 9.66 Å². The predicted octanol–water partition coefficient (Wildman–Crippen LogP) is 2.45. The highest BCUT2D eigenvalue weighted by atomic mass is 16.6. The standard InChI is InChI=1S/C12H11N3O3/c1-2-18-11-6-10(15(16)17)8-14-12(11)9-4-3-5-13-7-9/h3-8H,2H2,1H3. The molecule has 0 atom stereocenters. The monoisotopic (exact) mass is 245 g/mol. The summed E-state index contributed by atoms with van der Waals surface area (Å²) in [6.07, 6.45) is 4.50. The first-order chi connectivity index (χ1) is 8.72. The van der Waals surface area contributed by atoms with E-state index in [1.807, 2.05) is 13.0 Å². The molecule has 0 saturated carbocycles. The van der Waals surface area contributed by atoms with E-state index in [-0.39, 0.29) is 5.69 Å². The third kappa shape index (κ3) is 2.42. The summed E-state index contributed by atoms with van der Waals surface area (Å²) in [7, 11) is 0. The average molecular weight is 245 g/mol. The van der Waals surface area contributed by atoms with Crippen molar-refractivity contribution in [2.24, 2.45) is 0 Å². The number of nitrogens with zero attached hydrogens (tertiary/aromatic N) is 3. The van der Waals surface area contributed by atoms with Crippen LogP contribution < -0.4 is 4.74 Å². The number of aromatic nitrogens is 2. The maximum Gasteiger partial charge on any atom is 0.291 e. The Morgan fingerprint density at radius 1 is 1.44 bits per heavy atom. The third-order valence-electron chi connectivity index (χ3n) is 2.28. The number of hydrogen-bond acceptors (Lipinski definition) is 5. The lowest BCUT2D eigenvalue weighted by molar-refractivity contribution is -0.385. The van der Waals surface area contributed by atoms with Crippen LogP contribution in [0.15, 0.2) is 36.8 Å². The fourth-order valence-electron chi connectivity index (χ4n) is 1.52. The molecular weight excluding hydrogens is 234 g/mol. The summed E-state index contributed by atoms with van der Waals surface area (Å²) in [5.41, 5.74) is 1.22. The van der Waals surface area contributed by atoms with E-state index in [4.69, 9.17) is 4.74 Å². The van der Waals surface area contributed by atoms with Gasteiger partial charge in [-0.25, -0.2) is 4.98 Å². The summed E-state index contributed by atoms with van der Waals surface area (Å²) >= 11 is 0. The van der Waals surface area contributed by atoms with E-state index in [9.17, 15) is 10.1 Å². The van der Waals surface area contributed by atoms with Crippen LogP contribution in [0.3, 0.4) is 0 Å². The molecular formula is C12H11N3O3. The van der Waals surface area contributed by atoms with Crippen molar-refractivity contribution >= 4 is 5.69 Å². The molecule has 18 heavy (non-hydrogen) atoms. The first-order valence-corrected chi connectivity index (χ1v) is 5.40. The Balaban J connectivity index is 2.50. The van der Waals surface area contributed by atoms with E-state index in [0.29, 0.717) is 18.1 Å². The molecule has 0 aliphatic rings. The molecule has 6 heteroatoms. The Morgan fingerprint density at radius 2 is 2.28 bits per heavy atom. The minimum atomic E-state index is -0.497. The second-order valence-corrected chi connectivity index (χ2v) is 3.47. The molecule has 2 rings (SSSR count).